The Morgan fingerprint density at radius 1 is 1.31 bits per heavy atom. The predicted octanol–water partition coefficient (Wildman–Crippen LogP) is 2.67. The summed E-state index contributed by atoms with van der Waals surface area (Å²) in [6, 6.07) is 7.72. The topological polar surface area (TPSA) is 34.1 Å². The van der Waals surface area contributed by atoms with Crippen LogP contribution in [-0.4, -0.2) is 11.6 Å². The van der Waals surface area contributed by atoms with E-state index in [4.69, 9.17) is 0 Å². The van der Waals surface area contributed by atoms with Gasteiger partial charge in [0, 0.05) is 0 Å². The molecule has 0 aliphatic heterocycles. The molecule has 1 aromatic rings. The summed E-state index contributed by atoms with van der Waals surface area (Å²) >= 11 is 0. The number of Topliss-reactive ketones (excluding diaryl/α,β-unsaturated/α-hetero) is 2. The minimum Gasteiger partial charge on any atom is -0.299 e. The Kier molecular flexibility index (Phi) is 4.18. The van der Waals surface area contributed by atoms with Crippen LogP contribution in [0.2, 0.25) is 0 Å². The van der Waals surface area contributed by atoms with Crippen LogP contribution in [0.1, 0.15) is 25.0 Å². The lowest BCUT2D eigenvalue weighted by Gasteiger charge is -2.10. The van der Waals surface area contributed by atoms with Crippen molar-refractivity contribution in [3.63, 3.8) is 0 Å². The largest absolute Gasteiger partial charge is 0.299 e. The first-order valence-electron chi connectivity index (χ1n) is 5.27. The van der Waals surface area contributed by atoms with Crippen molar-refractivity contribution in [1.29, 1.82) is 0 Å². The van der Waals surface area contributed by atoms with Crippen molar-refractivity contribution >= 4 is 17.6 Å². The van der Waals surface area contributed by atoms with Gasteiger partial charge in [0.05, 0.1) is 5.92 Å². The van der Waals surface area contributed by atoms with E-state index in [1.807, 2.05) is 24.3 Å². The quantitative estimate of drug-likeness (QED) is 0.709. The molecule has 0 bridgehead atoms. The van der Waals surface area contributed by atoms with E-state index < -0.39 is 5.92 Å². The van der Waals surface area contributed by atoms with E-state index in [-0.39, 0.29) is 11.6 Å². The zero-order valence-corrected chi connectivity index (χ0v) is 9.69. The average Bonchev–Trinajstić information content (AvgIpc) is 2.25. The van der Waals surface area contributed by atoms with Gasteiger partial charge < -0.3 is 0 Å². The molecule has 2 heteroatoms. The van der Waals surface area contributed by atoms with E-state index in [9.17, 15) is 9.59 Å². The summed E-state index contributed by atoms with van der Waals surface area (Å²) in [7, 11) is 0. The first-order chi connectivity index (χ1) is 7.54. The minimum atomic E-state index is -0.514. The van der Waals surface area contributed by atoms with Gasteiger partial charge in [-0.2, -0.15) is 0 Å². The molecule has 0 aliphatic carbocycles. The predicted molar refractivity (Wildman–Crippen MR) is 65.1 cm³/mol. The minimum absolute atomic E-state index is 0.0727. The van der Waals surface area contributed by atoms with Gasteiger partial charge in [0.15, 0.2) is 0 Å². The molecule has 0 heterocycles. The number of benzene rings is 1. The number of rotatable bonds is 5. The van der Waals surface area contributed by atoms with Crippen molar-refractivity contribution in [3.8, 4) is 0 Å². The van der Waals surface area contributed by atoms with Gasteiger partial charge in [-0.1, -0.05) is 36.9 Å². The van der Waals surface area contributed by atoms with Crippen molar-refractivity contribution in [2.75, 3.05) is 0 Å². The number of carbonyl (C=O) groups is 2. The highest BCUT2D eigenvalue weighted by Gasteiger charge is 2.19. The Balaban J connectivity index is 2.89. The first kappa shape index (κ1) is 12.4. The Morgan fingerprint density at radius 2 is 1.94 bits per heavy atom. The maximum Gasteiger partial charge on any atom is 0.140 e. The highest BCUT2D eigenvalue weighted by atomic mass is 16.1. The van der Waals surface area contributed by atoms with Crippen molar-refractivity contribution < 1.29 is 9.59 Å². The summed E-state index contributed by atoms with van der Waals surface area (Å²) in [6.07, 6.45) is 2.23. The second-order valence-electron chi connectivity index (χ2n) is 3.93. The molecule has 0 N–H and O–H groups in total. The third-order valence-corrected chi connectivity index (χ3v) is 2.61. The standard InChI is InChI=1S/C14H16O2/c1-4-12-6-5-7-13(8-12)9-14(10(2)15)11(3)16/h4-8,14H,1,9H2,2-3H3. The molecule has 0 atom stereocenters. The van der Waals surface area contributed by atoms with Gasteiger partial charge in [-0.15, -0.1) is 0 Å². The number of ketones is 2. The van der Waals surface area contributed by atoms with Crippen LogP contribution < -0.4 is 0 Å². The molecule has 0 spiro atoms. The normalized spacial score (nSPS) is 10.2. The first-order valence-corrected chi connectivity index (χ1v) is 5.27. The molecule has 16 heavy (non-hydrogen) atoms. The van der Waals surface area contributed by atoms with Crippen LogP contribution in [0.4, 0.5) is 0 Å². The Bertz CT molecular complexity index is 404. The zero-order chi connectivity index (χ0) is 12.1. The molecule has 84 valence electrons. The van der Waals surface area contributed by atoms with E-state index in [1.165, 1.54) is 13.8 Å². The third kappa shape index (κ3) is 3.16. The lowest BCUT2D eigenvalue weighted by Crippen LogP contribution is -2.21. The molecule has 0 aromatic heterocycles. The Labute approximate surface area is 96.0 Å². The number of carbonyl (C=O) groups excluding carboxylic acids is 2. The van der Waals surface area contributed by atoms with Crippen molar-refractivity contribution in [3.05, 3.63) is 42.0 Å². The fraction of sp³-hybridized carbons (Fsp3) is 0.286. The molecule has 0 saturated heterocycles. The number of hydrogen-bond acceptors (Lipinski definition) is 2. The average molecular weight is 216 g/mol. The molecular formula is C14H16O2. The molecule has 0 fully saturated rings. The van der Waals surface area contributed by atoms with Gasteiger partial charge in [0.25, 0.3) is 0 Å². The molecule has 1 aromatic carbocycles. The maximum absolute atomic E-state index is 11.3. The zero-order valence-electron chi connectivity index (χ0n) is 9.69. The molecule has 2 nitrogen and oxygen atoms in total. The molecule has 0 aliphatic rings. The van der Waals surface area contributed by atoms with Crippen LogP contribution in [0, 0.1) is 5.92 Å². The van der Waals surface area contributed by atoms with Gasteiger partial charge in [-0.3, -0.25) is 9.59 Å². The summed E-state index contributed by atoms with van der Waals surface area (Å²) in [6.45, 7) is 6.61. The fourth-order valence-electron chi connectivity index (χ4n) is 1.66. The summed E-state index contributed by atoms with van der Waals surface area (Å²) in [4.78, 5) is 22.6. The van der Waals surface area contributed by atoms with Gasteiger partial charge in [-0.25, -0.2) is 0 Å². The molecule has 0 amide bonds. The van der Waals surface area contributed by atoms with Gasteiger partial charge >= 0.3 is 0 Å². The Morgan fingerprint density at radius 3 is 2.44 bits per heavy atom. The third-order valence-electron chi connectivity index (χ3n) is 2.61. The summed E-state index contributed by atoms with van der Waals surface area (Å²) in [5.74, 6) is -0.659. The lowest BCUT2D eigenvalue weighted by atomic mass is 9.92. The van der Waals surface area contributed by atoms with Crippen LogP contribution >= 0.6 is 0 Å². The second-order valence-corrected chi connectivity index (χ2v) is 3.93. The Hall–Kier alpha value is -1.70. The SMILES string of the molecule is C=Cc1cccc(CC(C(C)=O)C(C)=O)c1. The lowest BCUT2D eigenvalue weighted by molar-refractivity contribution is -0.130. The second kappa shape index (κ2) is 5.40. The monoisotopic (exact) mass is 216 g/mol. The van der Waals surface area contributed by atoms with E-state index >= 15 is 0 Å². The molecular weight excluding hydrogens is 200 g/mol. The van der Waals surface area contributed by atoms with E-state index in [1.54, 1.807) is 6.08 Å². The fourth-order valence-corrected chi connectivity index (χ4v) is 1.66. The van der Waals surface area contributed by atoms with Gasteiger partial charge in [0.2, 0.25) is 0 Å². The van der Waals surface area contributed by atoms with Crippen molar-refractivity contribution in [1.82, 2.24) is 0 Å². The molecule has 0 radical (unpaired) electrons. The van der Waals surface area contributed by atoms with Crippen LogP contribution in [0.15, 0.2) is 30.8 Å². The van der Waals surface area contributed by atoms with Crippen LogP contribution in [0.25, 0.3) is 6.08 Å². The summed E-state index contributed by atoms with van der Waals surface area (Å²) < 4.78 is 0. The van der Waals surface area contributed by atoms with Gasteiger partial charge in [0.1, 0.15) is 11.6 Å². The summed E-state index contributed by atoms with van der Waals surface area (Å²) in [5, 5.41) is 0. The highest BCUT2D eigenvalue weighted by Crippen LogP contribution is 2.13. The molecule has 1 rings (SSSR count). The van der Waals surface area contributed by atoms with Crippen LogP contribution in [-0.2, 0) is 16.0 Å². The molecule has 0 saturated carbocycles. The van der Waals surface area contributed by atoms with Gasteiger partial charge in [-0.05, 0) is 31.4 Å². The highest BCUT2D eigenvalue weighted by molar-refractivity contribution is 6.00. The maximum atomic E-state index is 11.3. The number of hydrogen-bond donors (Lipinski definition) is 0. The summed E-state index contributed by atoms with van der Waals surface area (Å²) in [5.41, 5.74) is 2.00. The van der Waals surface area contributed by atoms with Crippen LogP contribution in [0.3, 0.4) is 0 Å². The van der Waals surface area contributed by atoms with Crippen molar-refractivity contribution in [2.45, 2.75) is 20.3 Å². The smallest absolute Gasteiger partial charge is 0.140 e. The van der Waals surface area contributed by atoms with E-state index in [2.05, 4.69) is 6.58 Å². The van der Waals surface area contributed by atoms with E-state index in [0.29, 0.717) is 6.42 Å². The van der Waals surface area contributed by atoms with Crippen molar-refractivity contribution in [2.24, 2.45) is 5.92 Å². The van der Waals surface area contributed by atoms with Crippen LogP contribution in [0.5, 0.6) is 0 Å². The van der Waals surface area contributed by atoms with E-state index in [0.717, 1.165) is 11.1 Å². The molecule has 0 unspecified atom stereocenters.